The Hall–Kier alpha value is -1.56. The minimum absolute atomic E-state index is 0.0606. The highest BCUT2D eigenvalue weighted by atomic mass is 19.4. The van der Waals surface area contributed by atoms with E-state index in [1.807, 2.05) is 6.92 Å². The predicted molar refractivity (Wildman–Crippen MR) is 82.7 cm³/mol. The van der Waals surface area contributed by atoms with E-state index in [1.54, 1.807) is 0 Å². The van der Waals surface area contributed by atoms with Crippen LogP contribution in [0, 0.1) is 5.92 Å². The van der Waals surface area contributed by atoms with Crippen LogP contribution in [0.4, 0.5) is 13.2 Å². The molecule has 1 aliphatic heterocycles. The zero-order chi connectivity index (χ0) is 16.9. The number of hydrogen-bond donors (Lipinski definition) is 1. The minimum Gasteiger partial charge on any atom is -0.356 e. The lowest BCUT2D eigenvalue weighted by atomic mass is 9.95. The van der Waals surface area contributed by atoms with Crippen LogP contribution in [0.2, 0.25) is 0 Å². The number of nitrogens with zero attached hydrogens (tertiary/aromatic N) is 1. The third kappa shape index (κ3) is 5.23. The van der Waals surface area contributed by atoms with Gasteiger partial charge in [-0.15, -0.1) is 0 Å². The van der Waals surface area contributed by atoms with Gasteiger partial charge >= 0.3 is 6.18 Å². The van der Waals surface area contributed by atoms with Crippen molar-refractivity contribution in [3.8, 4) is 0 Å². The van der Waals surface area contributed by atoms with E-state index in [9.17, 15) is 18.0 Å². The minimum atomic E-state index is -4.29. The van der Waals surface area contributed by atoms with Gasteiger partial charge in [-0.3, -0.25) is 9.69 Å². The summed E-state index contributed by atoms with van der Waals surface area (Å²) in [7, 11) is 0. The molecule has 1 heterocycles. The van der Waals surface area contributed by atoms with E-state index in [0.717, 1.165) is 50.0 Å². The molecule has 128 valence electrons. The summed E-state index contributed by atoms with van der Waals surface area (Å²) in [6.45, 7) is 4.95. The largest absolute Gasteiger partial charge is 0.416 e. The molecule has 2 rings (SSSR count). The molecule has 0 bridgehead atoms. The van der Waals surface area contributed by atoms with E-state index in [4.69, 9.17) is 0 Å². The van der Waals surface area contributed by atoms with Crippen molar-refractivity contribution in [3.63, 3.8) is 0 Å². The molecule has 1 aliphatic rings. The highest BCUT2D eigenvalue weighted by molar-refractivity contribution is 5.78. The van der Waals surface area contributed by atoms with Crippen LogP contribution < -0.4 is 5.32 Å². The summed E-state index contributed by atoms with van der Waals surface area (Å²) < 4.78 is 37.6. The van der Waals surface area contributed by atoms with Gasteiger partial charge in [0.25, 0.3) is 0 Å². The Labute approximate surface area is 134 Å². The molecular formula is C17H23F3N2O. The van der Waals surface area contributed by atoms with E-state index in [2.05, 4.69) is 10.2 Å². The summed E-state index contributed by atoms with van der Waals surface area (Å²) in [6, 6.07) is 5.31. The lowest BCUT2D eigenvalue weighted by Crippen LogP contribution is -2.40. The number of benzene rings is 1. The highest BCUT2D eigenvalue weighted by Gasteiger charge is 2.30. The van der Waals surface area contributed by atoms with Crippen molar-refractivity contribution in [1.29, 1.82) is 0 Å². The second kappa shape index (κ2) is 7.81. The number of rotatable bonds is 5. The summed E-state index contributed by atoms with van der Waals surface area (Å²) in [5.74, 6) is 0.187. The molecule has 1 N–H and O–H groups in total. The first-order valence-corrected chi connectivity index (χ1v) is 8.06. The standard InChI is InChI=1S/C17H23F3N2O/c1-2-9-21-16(23)14-7-10-22(11-8-14)12-13-3-5-15(6-4-13)17(18,19)20/h3-6,14H,2,7-12H2,1H3,(H,21,23). The Kier molecular flexibility index (Phi) is 6.04. The summed E-state index contributed by atoms with van der Waals surface area (Å²) in [5.41, 5.74) is 0.249. The molecule has 6 heteroatoms. The maximum atomic E-state index is 12.5. The number of halogens is 3. The molecular weight excluding hydrogens is 305 g/mol. The second-order valence-electron chi connectivity index (χ2n) is 6.04. The lowest BCUT2D eigenvalue weighted by Gasteiger charge is -2.31. The van der Waals surface area contributed by atoms with Gasteiger partial charge < -0.3 is 5.32 Å². The van der Waals surface area contributed by atoms with E-state index >= 15 is 0 Å². The first kappa shape index (κ1) is 17.8. The molecule has 0 aliphatic carbocycles. The Morgan fingerprint density at radius 2 is 1.83 bits per heavy atom. The van der Waals surface area contributed by atoms with Crippen molar-refractivity contribution in [2.45, 2.75) is 38.9 Å². The average molecular weight is 328 g/mol. The molecule has 1 aromatic carbocycles. The van der Waals surface area contributed by atoms with E-state index < -0.39 is 11.7 Å². The van der Waals surface area contributed by atoms with Crippen molar-refractivity contribution in [3.05, 3.63) is 35.4 Å². The van der Waals surface area contributed by atoms with Crippen LogP contribution >= 0.6 is 0 Å². The third-order valence-electron chi connectivity index (χ3n) is 4.20. The molecule has 0 unspecified atom stereocenters. The highest BCUT2D eigenvalue weighted by Crippen LogP contribution is 2.29. The number of hydrogen-bond acceptors (Lipinski definition) is 2. The zero-order valence-electron chi connectivity index (χ0n) is 13.3. The topological polar surface area (TPSA) is 32.3 Å². The van der Waals surface area contributed by atoms with Gasteiger partial charge in [0.1, 0.15) is 0 Å². The predicted octanol–water partition coefficient (Wildman–Crippen LogP) is 3.44. The van der Waals surface area contributed by atoms with Crippen molar-refractivity contribution < 1.29 is 18.0 Å². The molecule has 0 atom stereocenters. The van der Waals surface area contributed by atoms with Gasteiger partial charge in [-0.25, -0.2) is 0 Å². The quantitative estimate of drug-likeness (QED) is 0.898. The fraction of sp³-hybridized carbons (Fsp3) is 0.588. The fourth-order valence-electron chi connectivity index (χ4n) is 2.80. The van der Waals surface area contributed by atoms with E-state index in [1.165, 1.54) is 12.1 Å². The number of piperidine rings is 1. The van der Waals surface area contributed by atoms with Crippen molar-refractivity contribution >= 4 is 5.91 Å². The molecule has 1 amide bonds. The zero-order valence-corrected chi connectivity index (χ0v) is 13.3. The Morgan fingerprint density at radius 1 is 1.22 bits per heavy atom. The third-order valence-corrected chi connectivity index (χ3v) is 4.20. The molecule has 0 spiro atoms. The number of amides is 1. The van der Waals surface area contributed by atoms with Gasteiger partial charge in [-0.1, -0.05) is 19.1 Å². The first-order chi connectivity index (χ1) is 10.9. The van der Waals surface area contributed by atoms with Crippen LogP contribution in [-0.4, -0.2) is 30.4 Å². The summed E-state index contributed by atoms with van der Waals surface area (Å²) >= 11 is 0. The van der Waals surface area contributed by atoms with Gasteiger partial charge in [0.15, 0.2) is 0 Å². The number of nitrogens with one attached hydrogen (secondary N) is 1. The van der Waals surface area contributed by atoms with Crippen LogP contribution in [0.15, 0.2) is 24.3 Å². The van der Waals surface area contributed by atoms with Crippen LogP contribution in [0.1, 0.15) is 37.3 Å². The molecule has 0 saturated carbocycles. The first-order valence-electron chi connectivity index (χ1n) is 8.06. The van der Waals surface area contributed by atoms with Crippen LogP contribution in [0.5, 0.6) is 0 Å². The maximum Gasteiger partial charge on any atom is 0.416 e. The number of carbonyl (C=O) groups is 1. The SMILES string of the molecule is CCCNC(=O)C1CCN(Cc2ccc(C(F)(F)F)cc2)CC1. The molecule has 0 aromatic heterocycles. The Balaban J connectivity index is 1.81. The number of carbonyl (C=O) groups excluding carboxylic acids is 1. The van der Waals surface area contributed by atoms with Gasteiger partial charge in [0.2, 0.25) is 5.91 Å². The smallest absolute Gasteiger partial charge is 0.356 e. The maximum absolute atomic E-state index is 12.5. The average Bonchev–Trinajstić information content (AvgIpc) is 2.53. The van der Waals surface area contributed by atoms with Crippen LogP contribution in [0.3, 0.4) is 0 Å². The number of alkyl halides is 3. The lowest BCUT2D eigenvalue weighted by molar-refractivity contribution is -0.137. The van der Waals surface area contributed by atoms with Gasteiger partial charge in [0.05, 0.1) is 5.56 Å². The summed E-state index contributed by atoms with van der Waals surface area (Å²) in [4.78, 5) is 14.1. The van der Waals surface area contributed by atoms with Gasteiger partial charge in [-0.2, -0.15) is 13.2 Å². The summed E-state index contributed by atoms with van der Waals surface area (Å²) in [5, 5.41) is 2.92. The van der Waals surface area contributed by atoms with Crippen molar-refractivity contribution in [1.82, 2.24) is 10.2 Å². The van der Waals surface area contributed by atoms with Gasteiger partial charge in [0, 0.05) is 19.0 Å². The molecule has 1 fully saturated rings. The fourth-order valence-corrected chi connectivity index (χ4v) is 2.80. The monoisotopic (exact) mass is 328 g/mol. The normalized spacial score (nSPS) is 17.2. The molecule has 3 nitrogen and oxygen atoms in total. The van der Waals surface area contributed by atoms with Crippen molar-refractivity contribution in [2.75, 3.05) is 19.6 Å². The molecule has 1 saturated heterocycles. The van der Waals surface area contributed by atoms with E-state index in [-0.39, 0.29) is 11.8 Å². The molecule has 23 heavy (non-hydrogen) atoms. The second-order valence-corrected chi connectivity index (χ2v) is 6.04. The van der Waals surface area contributed by atoms with Crippen molar-refractivity contribution in [2.24, 2.45) is 5.92 Å². The number of likely N-dealkylation sites (tertiary alicyclic amines) is 1. The Bertz CT molecular complexity index is 506. The van der Waals surface area contributed by atoms with E-state index in [0.29, 0.717) is 13.1 Å². The van der Waals surface area contributed by atoms with Crippen LogP contribution in [0.25, 0.3) is 0 Å². The molecule has 1 aromatic rings. The summed E-state index contributed by atoms with van der Waals surface area (Å²) in [6.07, 6.45) is -1.76. The molecule has 0 radical (unpaired) electrons. The Morgan fingerprint density at radius 3 is 2.35 bits per heavy atom. The van der Waals surface area contributed by atoms with Gasteiger partial charge in [-0.05, 0) is 50.0 Å². The van der Waals surface area contributed by atoms with Crippen LogP contribution in [-0.2, 0) is 17.5 Å².